The van der Waals surface area contributed by atoms with Crippen LogP contribution in [0.5, 0.6) is 0 Å². The molecule has 0 aromatic heterocycles. The molecule has 4 amide bonds. The molecule has 0 saturated heterocycles. The first-order valence-electron chi connectivity index (χ1n) is 15.1. The second kappa shape index (κ2) is 20.6. The number of imide groups is 2. The number of ether oxygens (including phenoxy) is 6. The standard InChI is InChI=1S/C31H47N3O11/c1-23(8-9-26(36)33-22-35)34-29(38)24-6-5-7-25(28(24)30(34)39)32-11-13-41-15-17-43-19-21-44-20-18-42-16-14-40-12-10-27(37)45-31(2,3)4/h5-7,22-23,32H,8-21H2,1-4H3,(H,33,35,36). The van der Waals surface area contributed by atoms with Crippen LogP contribution in [0.2, 0.25) is 0 Å². The molecule has 1 aromatic carbocycles. The first-order valence-corrected chi connectivity index (χ1v) is 15.1. The summed E-state index contributed by atoms with van der Waals surface area (Å²) in [6, 6.07) is 4.52. The second-order valence-corrected chi connectivity index (χ2v) is 11.1. The van der Waals surface area contributed by atoms with Crippen LogP contribution in [-0.2, 0) is 42.8 Å². The molecule has 252 valence electrons. The molecule has 0 bridgehead atoms. The Balaban J connectivity index is 1.48. The van der Waals surface area contributed by atoms with Crippen LogP contribution in [0.25, 0.3) is 0 Å². The molecule has 0 spiro atoms. The summed E-state index contributed by atoms with van der Waals surface area (Å²) < 4.78 is 32.5. The highest BCUT2D eigenvalue weighted by atomic mass is 16.6. The molecule has 0 saturated carbocycles. The van der Waals surface area contributed by atoms with Crippen molar-refractivity contribution in [1.29, 1.82) is 0 Å². The number of benzene rings is 1. The molecule has 1 aliphatic rings. The fraction of sp³-hybridized carbons (Fsp3) is 0.645. The number of nitrogens with zero attached hydrogens (tertiary/aromatic N) is 1. The van der Waals surface area contributed by atoms with Crippen LogP contribution in [0.15, 0.2) is 18.2 Å². The molecular weight excluding hydrogens is 590 g/mol. The van der Waals surface area contributed by atoms with Gasteiger partial charge in [0.1, 0.15) is 5.60 Å². The third-order valence-corrected chi connectivity index (χ3v) is 6.32. The van der Waals surface area contributed by atoms with Crippen molar-refractivity contribution < 1.29 is 52.4 Å². The Bertz CT molecular complexity index is 1110. The average Bonchev–Trinajstić information content (AvgIpc) is 3.24. The van der Waals surface area contributed by atoms with Crippen molar-refractivity contribution in [3.05, 3.63) is 29.3 Å². The summed E-state index contributed by atoms with van der Waals surface area (Å²) in [5.74, 6) is -1.59. The number of anilines is 1. The average molecular weight is 638 g/mol. The third kappa shape index (κ3) is 14.5. The zero-order valence-electron chi connectivity index (χ0n) is 26.7. The molecular formula is C31H47N3O11. The van der Waals surface area contributed by atoms with E-state index in [1.165, 1.54) is 0 Å². The molecule has 0 fully saturated rings. The fourth-order valence-electron chi connectivity index (χ4n) is 4.25. The Morgan fingerprint density at radius 2 is 1.38 bits per heavy atom. The van der Waals surface area contributed by atoms with Gasteiger partial charge in [-0.05, 0) is 46.2 Å². The van der Waals surface area contributed by atoms with E-state index in [4.69, 9.17) is 28.4 Å². The molecule has 0 radical (unpaired) electrons. The zero-order chi connectivity index (χ0) is 33.1. The van der Waals surface area contributed by atoms with Gasteiger partial charge in [-0.1, -0.05) is 6.07 Å². The Morgan fingerprint density at radius 3 is 1.93 bits per heavy atom. The van der Waals surface area contributed by atoms with E-state index in [1.807, 2.05) is 20.8 Å². The normalized spacial score (nSPS) is 13.5. The quantitative estimate of drug-likeness (QED) is 0.0733. The molecule has 1 unspecified atom stereocenters. The van der Waals surface area contributed by atoms with Crippen molar-refractivity contribution in [3.8, 4) is 0 Å². The van der Waals surface area contributed by atoms with E-state index < -0.39 is 29.4 Å². The zero-order valence-corrected chi connectivity index (χ0v) is 26.7. The first kappa shape index (κ1) is 37.8. The van der Waals surface area contributed by atoms with Gasteiger partial charge in [0.05, 0.1) is 83.6 Å². The molecule has 2 rings (SSSR count). The Morgan fingerprint density at radius 1 is 0.822 bits per heavy atom. The number of hydrogen-bond acceptors (Lipinski definition) is 12. The second-order valence-electron chi connectivity index (χ2n) is 11.1. The lowest BCUT2D eigenvalue weighted by Crippen LogP contribution is -2.38. The van der Waals surface area contributed by atoms with Crippen LogP contribution in [-0.4, -0.2) is 119 Å². The van der Waals surface area contributed by atoms with Gasteiger partial charge in [-0.2, -0.15) is 0 Å². The largest absolute Gasteiger partial charge is 0.460 e. The molecule has 1 heterocycles. The van der Waals surface area contributed by atoms with E-state index in [0.717, 1.165) is 4.90 Å². The molecule has 14 heteroatoms. The monoisotopic (exact) mass is 637 g/mol. The van der Waals surface area contributed by atoms with Crippen LogP contribution in [0.3, 0.4) is 0 Å². The summed E-state index contributed by atoms with van der Waals surface area (Å²) in [5, 5.41) is 5.21. The number of rotatable bonds is 24. The van der Waals surface area contributed by atoms with Gasteiger partial charge in [0.15, 0.2) is 0 Å². The lowest BCUT2D eigenvalue weighted by Gasteiger charge is -2.22. The number of esters is 1. The fourth-order valence-corrected chi connectivity index (χ4v) is 4.25. The topological polar surface area (TPSA) is 168 Å². The molecule has 45 heavy (non-hydrogen) atoms. The number of carbonyl (C=O) groups is 5. The van der Waals surface area contributed by atoms with E-state index in [2.05, 4.69) is 10.6 Å². The summed E-state index contributed by atoms with van der Waals surface area (Å²) in [6.45, 7) is 11.5. The Hall–Kier alpha value is -3.43. The SMILES string of the molecule is CC(CCC(=O)NC=O)N1C(=O)c2cccc(NCCOCCOCCOCCOCCOCCC(=O)OC(C)(C)C)c2C1=O. The molecule has 1 aliphatic heterocycles. The smallest absolute Gasteiger partial charge is 0.308 e. The van der Waals surface area contributed by atoms with Crippen molar-refractivity contribution in [3.63, 3.8) is 0 Å². The lowest BCUT2D eigenvalue weighted by atomic mass is 10.1. The van der Waals surface area contributed by atoms with E-state index >= 15 is 0 Å². The molecule has 0 aliphatic carbocycles. The van der Waals surface area contributed by atoms with Crippen LogP contribution in [0.4, 0.5) is 5.69 Å². The van der Waals surface area contributed by atoms with E-state index in [-0.39, 0.29) is 25.2 Å². The summed E-state index contributed by atoms with van der Waals surface area (Å²) in [6.07, 6.45) is 0.763. The van der Waals surface area contributed by atoms with Crippen LogP contribution in [0.1, 0.15) is 67.7 Å². The van der Waals surface area contributed by atoms with Crippen molar-refractivity contribution >= 4 is 35.8 Å². The van der Waals surface area contributed by atoms with Gasteiger partial charge >= 0.3 is 5.97 Å². The van der Waals surface area contributed by atoms with Gasteiger partial charge in [0.2, 0.25) is 12.3 Å². The molecule has 14 nitrogen and oxygen atoms in total. The summed E-state index contributed by atoms with van der Waals surface area (Å²) >= 11 is 0. The predicted molar refractivity (Wildman–Crippen MR) is 163 cm³/mol. The number of amides is 4. The van der Waals surface area contributed by atoms with Crippen LogP contribution >= 0.6 is 0 Å². The maximum atomic E-state index is 13.1. The van der Waals surface area contributed by atoms with Gasteiger partial charge in [-0.25, -0.2) is 0 Å². The molecule has 1 aromatic rings. The van der Waals surface area contributed by atoms with Crippen LogP contribution < -0.4 is 10.6 Å². The maximum absolute atomic E-state index is 13.1. The number of hydrogen-bond donors (Lipinski definition) is 2. The van der Waals surface area contributed by atoms with E-state index in [9.17, 15) is 24.0 Å². The van der Waals surface area contributed by atoms with Gasteiger partial charge < -0.3 is 33.7 Å². The van der Waals surface area contributed by atoms with Crippen molar-refractivity contribution in [2.24, 2.45) is 0 Å². The summed E-state index contributed by atoms with van der Waals surface area (Å²) in [4.78, 5) is 60.7. The number of carbonyl (C=O) groups excluding carboxylic acids is 5. The highest BCUT2D eigenvalue weighted by Crippen LogP contribution is 2.31. The van der Waals surface area contributed by atoms with Crippen molar-refractivity contribution in [1.82, 2.24) is 10.2 Å². The van der Waals surface area contributed by atoms with Crippen LogP contribution in [0, 0.1) is 0 Å². The van der Waals surface area contributed by atoms with Gasteiger partial charge in [0, 0.05) is 24.7 Å². The predicted octanol–water partition coefficient (Wildman–Crippen LogP) is 1.95. The van der Waals surface area contributed by atoms with Crippen molar-refractivity contribution in [2.45, 2.75) is 58.6 Å². The first-order chi connectivity index (χ1) is 21.5. The maximum Gasteiger partial charge on any atom is 0.308 e. The van der Waals surface area contributed by atoms with E-state index in [0.29, 0.717) is 95.8 Å². The van der Waals surface area contributed by atoms with E-state index in [1.54, 1.807) is 25.1 Å². The summed E-state index contributed by atoms with van der Waals surface area (Å²) in [7, 11) is 0. The Kier molecular flexibility index (Phi) is 17.3. The highest BCUT2D eigenvalue weighted by molar-refractivity contribution is 6.24. The summed E-state index contributed by atoms with van der Waals surface area (Å²) in [5.41, 5.74) is 0.638. The van der Waals surface area contributed by atoms with Gasteiger partial charge in [-0.15, -0.1) is 0 Å². The van der Waals surface area contributed by atoms with Gasteiger partial charge in [0.25, 0.3) is 11.8 Å². The minimum atomic E-state index is -0.514. The minimum Gasteiger partial charge on any atom is -0.460 e. The Labute approximate surface area is 264 Å². The number of fused-ring (bicyclic) bond motifs is 1. The minimum absolute atomic E-state index is 0.0134. The number of nitrogens with one attached hydrogen (secondary N) is 2. The third-order valence-electron chi connectivity index (χ3n) is 6.32. The van der Waals surface area contributed by atoms with Gasteiger partial charge in [-0.3, -0.25) is 34.2 Å². The van der Waals surface area contributed by atoms with Crippen molar-refractivity contribution in [2.75, 3.05) is 77.9 Å². The molecule has 2 N–H and O–H groups in total. The lowest BCUT2D eigenvalue weighted by molar-refractivity contribution is -0.156. The highest BCUT2D eigenvalue weighted by Gasteiger charge is 2.40. The molecule has 1 atom stereocenters.